The zero-order chi connectivity index (χ0) is 15.1. The van der Waals surface area contributed by atoms with E-state index in [1.807, 2.05) is 4.98 Å². The van der Waals surface area contributed by atoms with E-state index in [1.165, 1.54) is 13.1 Å². The summed E-state index contributed by atoms with van der Waals surface area (Å²) in [4.78, 5) is 25.1. The van der Waals surface area contributed by atoms with Gasteiger partial charge in [-0.3, -0.25) is 14.3 Å². The lowest BCUT2D eigenvalue weighted by molar-refractivity contribution is -0.0937. The summed E-state index contributed by atoms with van der Waals surface area (Å²) < 4.78 is 6.20. The second-order valence-electron chi connectivity index (χ2n) is 4.61. The van der Waals surface area contributed by atoms with Crippen molar-refractivity contribution in [1.29, 1.82) is 0 Å². The highest BCUT2D eigenvalue weighted by molar-refractivity contribution is 5.18. The Labute approximate surface area is 113 Å². The number of nitrogens with one attached hydrogen (secondary N) is 1. The van der Waals surface area contributed by atoms with E-state index in [2.05, 4.69) is 5.92 Å². The fourth-order valence-corrected chi connectivity index (χ4v) is 2.08. The molecule has 108 valence electrons. The van der Waals surface area contributed by atoms with Crippen molar-refractivity contribution in [3.63, 3.8) is 0 Å². The molecule has 4 N–H and O–H groups in total. The first-order valence-electron chi connectivity index (χ1n) is 5.81. The van der Waals surface area contributed by atoms with Crippen molar-refractivity contribution in [3.8, 4) is 12.3 Å². The van der Waals surface area contributed by atoms with E-state index >= 15 is 0 Å². The first-order chi connectivity index (χ1) is 9.36. The van der Waals surface area contributed by atoms with E-state index < -0.39 is 41.9 Å². The van der Waals surface area contributed by atoms with Gasteiger partial charge in [-0.15, -0.1) is 6.42 Å². The summed E-state index contributed by atoms with van der Waals surface area (Å²) in [5, 5.41) is 29.1. The van der Waals surface area contributed by atoms with E-state index in [-0.39, 0.29) is 5.56 Å². The van der Waals surface area contributed by atoms with Gasteiger partial charge in [-0.25, -0.2) is 4.79 Å². The van der Waals surface area contributed by atoms with Crippen molar-refractivity contribution in [1.82, 2.24) is 9.55 Å². The van der Waals surface area contributed by atoms with Gasteiger partial charge in [-0.05, 0) is 6.92 Å². The maximum absolute atomic E-state index is 11.7. The maximum Gasteiger partial charge on any atom is 0.330 e. The number of nitrogens with zero attached hydrogens (tertiary/aromatic N) is 1. The zero-order valence-electron chi connectivity index (χ0n) is 10.6. The number of H-pyrrole nitrogens is 1. The fourth-order valence-electron chi connectivity index (χ4n) is 2.08. The van der Waals surface area contributed by atoms with E-state index in [4.69, 9.17) is 11.2 Å². The molecule has 0 saturated carbocycles. The van der Waals surface area contributed by atoms with E-state index in [0.717, 1.165) is 4.57 Å². The zero-order valence-corrected chi connectivity index (χ0v) is 10.6. The fraction of sp³-hybridized carbons (Fsp3) is 0.500. The van der Waals surface area contributed by atoms with E-state index in [9.17, 15) is 24.9 Å². The lowest BCUT2D eigenvalue weighted by Crippen LogP contribution is -2.45. The summed E-state index contributed by atoms with van der Waals surface area (Å²) in [7, 11) is 0. The number of hydrogen-bond acceptors (Lipinski definition) is 6. The molecular formula is C12H14N2O6. The van der Waals surface area contributed by atoms with Crippen LogP contribution in [-0.2, 0) is 4.74 Å². The van der Waals surface area contributed by atoms with Crippen molar-refractivity contribution in [2.24, 2.45) is 0 Å². The number of rotatable bonds is 2. The average molecular weight is 282 g/mol. The SMILES string of the molecule is C#C[C@]1(CO)O[C@@H](n2cc(C)c(=O)[nH]c2=O)[C@@H](O)C1O. The van der Waals surface area contributed by atoms with Crippen LogP contribution in [0, 0.1) is 19.3 Å². The highest BCUT2D eigenvalue weighted by atomic mass is 16.6. The van der Waals surface area contributed by atoms with Crippen molar-refractivity contribution in [2.45, 2.75) is 31.0 Å². The Kier molecular flexibility index (Phi) is 3.54. The van der Waals surface area contributed by atoms with Gasteiger partial charge in [0.1, 0.15) is 12.2 Å². The Bertz CT molecular complexity index is 672. The van der Waals surface area contributed by atoms with Crippen LogP contribution in [0.1, 0.15) is 11.8 Å². The van der Waals surface area contributed by atoms with Gasteiger partial charge in [0.05, 0.1) is 6.61 Å². The summed E-state index contributed by atoms with van der Waals surface area (Å²) in [6, 6.07) is 0. The maximum atomic E-state index is 11.7. The lowest BCUT2D eigenvalue weighted by atomic mass is 9.97. The smallest absolute Gasteiger partial charge is 0.330 e. The summed E-state index contributed by atoms with van der Waals surface area (Å²) in [5.74, 6) is 2.08. The summed E-state index contributed by atoms with van der Waals surface area (Å²) in [5.41, 5.74) is -2.96. The number of ether oxygens (including phenoxy) is 1. The third-order valence-corrected chi connectivity index (χ3v) is 3.32. The van der Waals surface area contributed by atoms with Crippen molar-refractivity contribution in [2.75, 3.05) is 6.61 Å². The minimum absolute atomic E-state index is 0.220. The molecule has 0 bridgehead atoms. The predicted molar refractivity (Wildman–Crippen MR) is 66.8 cm³/mol. The standard InChI is InChI=1S/C12H14N2O6/c1-3-12(5-15)8(17)7(16)10(20-12)14-4-6(2)9(18)13-11(14)19/h1,4,7-8,10,15-17H,5H2,2H3,(H,13,18,19)/t7-,8?,10+,12+/m0/s1. The average Bonchev–Trinajstić information content (AvgIpc) is 2.68. The largest absolute Gasteiger partial charge is 0.392 e. The van der Waals surface area contributed by atoms with Gasteiger partial charge >= 0.3 is 5.69 Å². The molecule has 20 heavy (non-hydrogen) atoms. The molecule has 4 atom stereocenters. The monoisotopic (exact) mass is 282 g/mol. The normalized spacial score (nSPS) is 33.0. The highest BCUT2D eigenvalue weighted by Gasteiger charge is 2.54. The van der Waals surface area contributed by atoms with Gasteiger partial charge < -0.3 is 20.1 Å². The summed E-state index contributed by atoms with van der Waals surface area (Å²) in [6.45, 7) is 0.738. The third kappa shape index (κ3) is 1.97. The van der Waals surface area contributed by atoms with Crippen molar-refractivity contribution in [3.05, 3.63) is 32.6 Å². The molecule has 1 unspecified atom stereocenters. The molecule has 0 spiro atoms. The number of aliphatic hydroxyl groups is 3. The molecular weight excluding hydrogens is 268 g/mol. The van der Waals surface area contributed by atoms with Crippen molar-refractivity contribution >= 4 is 0 Å². The number of aryl methyl sites for hydroxylation is 1. The van der Waals surface area contributed by atoms with Gasteiger partial charge in [0, 0.05) is 11.8 Å². The van der Waals surface area contributed by atoms with Gasteiger partial charge in [0.15, 0.2) is 11.8 Å². The van der Waals surface area contributed by atoms with Crippen LogP contribution in [0.15, 0.2) is 15.8 Å². The van der Waals surface area contributed by atoms with Gasteiger partial charge in [-0.1, -0.05) is 5.92 Å². The molecule has 1 aromatic rings. The molecule has 1 saturated heterocycles. The predicted octanol–water partition coefficient (Wildman–Crippen LogP) is -2.54. The number of aliphatic hydroxyl groups excluding tert-OH is 3. The molecule has 0 amide bonds. The Hall–Kier alpha value is -1.92. The van der Waals surface area contributed by atoms with Gasteiger partial charge in [-0.2, -0.15) is 0 Å². The number of terminal acetylenes is 1. The van der Waals surface area contributed by atoms with Crippen LogP contribution in [0.3, 0.4) is 0 Å². The van der Waals surface area contributed by atoms with Crippen LogP contribution >= 0.6 is 0 Å². The first-order valence-corrected chi connectivity index (χ1v) is 5.81. The van der Waals surface area contributed by atoms with Crippen LogP contribution in [0.2, 0.25) is 0 Å². The molecule has 0 aromatic carbocycles. The molecule has 1 aromatic heterocycles. The highest BCUT2D eigenvalue weighted by Crippen LogP contribution is 2.35. The minimum atomic E-state index is -1.80. The topological polar surface area (TPSA) is 125 Å². The van der Waals surface area contributed by atoms with Crippen molar-refractivity contribution < 1.29 is 20.1 Å². The van der Waals surface area contributed by atoms with Gasteiger partial charge in [0.25, 0.3) is 5.56 Å². The molecule has 0 aliphatic carbocycles. The first kappa shape index (κ1) is 14.5. The van der Waals surface area contributed by atoms with E-state index in [1.54, 1.807) is 0 Å². The van der Waals surface area contributed by atoms with Crippen LogP contribution < -0.4 is 11.2 Å². The van der Waals surface area contributed by atoms with Gasteiger partial charge in [0.2, 0.25) is 0 Å². The Morgan fingerprint density at radius 2 is 2.20 bits per heavy atom. The number of aromatic amines is 1. The van der Waals surface area contributed by atoms with Crippen LogP contribution in [0.5, 0.6) is 0 Å². The minimum Gasteiger partial charge on any atom is -0.392 e. The Balaban J connectivity index is 2.51. The summed E-state index contributed by atoms with van der Waals surface area (Å²) in [6.07, 6.45) is 2.00. The molecule has 8 heteroatoms. The molecule has 8 nitrogen and oxygen atoms in total. The Morgan fingerprint density at radius 3 is 2.70 bits per heavy atom. The molecule has 1 aliphatic rings. The Morgan fingerprint density at radius 1 is 1.55 bits per heavy atom. The molecule has 1 aliphatic heterocycles. The van der Waals surface area contributed by atoms with E-state index in [0.29, 0.717) is 0 Å². The molecule has 2 heterocycles. The second kappa shape index (κ2) is 4.88. The lowest BCUT2D eigenvalue weighted by Gasteiger charge is -2.23. The molecule has 0 radical (unpaired) electrons. The third-order valence-electron chi connectivity index (χ3n) is 3.32. The summed E-state index contributed by atoms with van der Waals surface area (Å²) >= 11 is 0. The van der Waals surface area contributed by atoms with Crippen LogP contribution in [0.25, 0.3) is 0 Å². The number of aromatic nitrogens is 2. The van der Waals surface area contributed by atoms with Crippen LogP contribution in [0.4, 0.5) is 0 Å². The number of hydrogen-bond donors (Lipinski definition) is 4. The quantitative estimate of drug-likeness (QED) is 0.443. The second-order valence-corrected chi connectivity index (χ2v) is 4.61. The molecule has 1 fully saturated rings. The molecule has 2 rings (SSSR count). The van der Waals surface area contributed by atoms with Crippen LogP contribution in [-0.4, -0.2) is 49.3 Å².